The van der Waals surface area contributed by atoms with Crippen LogP contribution in [0.1, 0.15) is 112 Å². The number of hydrogen-bond donors (Lipinski definition) is 0. The van der Waals surface area contributed by atoms with Crippen molar-refractivity contribution in [3.8, 4) is 44.8 Å². The molecule has 1 nitrogen and oxygen atoms in total. The molecule has 0 aliphatic rings. The van der Waals surface area contributed by atoms with Crippen LogP contribution in [0.4, 0.5) is 0 Å². The van der Waals surface area contributed by atoms with Gasteiger partial charge in [-0.1, -0.05) is 180 Å². The van der Waals surface area contributed by atoms with Crippen LogP contribution in [0.3, 0.4) is 0 Å². The Labute approximate surface area is 286 Å². The van der Waals surface area contributed by atoms with E-state index >= 15 is 0 Å². The van der Waals surface area contributed by atoms with Gasteiger partial charge in [0.25, 0.3) is 0 Å². The summed E-state index contributed by atoms with van der Waals surface area (Å²) in [6.45, 7) is 30.6. The third kappa shape index (κ3) is 7.06. The summed E-state index contributed by atoms with van der Waals surface area (Å²) in [6, 6.07) is 37.4. The minimum absolute atomic E-state index is 0.0884. The molecule has 246 valence electrons. The molecule has 0 aliphatic heterocycles. The Morgan fingerprint density at radius 3 is 0.745 bits per heavy atom. The Hall–Kier alpha value is -3.84. The average molecular weight is 624 g/mol. The van der Waals surface area contributed by atoms with Crippen LogP contribution in [0, 0.1) is 0 Å². The Kier molecular flexibility index (Phi) is 9.04. The lowest BCUT2D eigenvalue weighted by Crippen LogP contribution is -2.11. The van der Waals surface area contributed by atoms with E-state index in [2.05, 4.69) is 192 Å². The lowest BCUT2D eigenvalue weighted by Gasteiger charge is -2.21. The smallest absolute Gasteiger partial charge is 0.0571 e. The molecule has 0 aliphatic carbocycles. The third-order valence-corrected chi connectivity index (χ3v) is 9.71. The van der Waals surface area contributed by atoms with Crippen LogP contribution >= 0.6 is 0 Å². The van der Waals surface area contributed by atoms with E-state index < -0.39 is 0 Å². The summed E-state index contributed by atoms with van der Waals surface area (Å²) in [7, 11) is 0. The van der Waals surface area contributed by atoms with Gasteiger partial charge in [0.1, 0.15) is 0 Å². The molecule has 0 N–H and O–H groups in total. The predicted octanol–water partition coefficient (Wildman–Crippen LogP) is 13.4. The molecular weight excluding hydrogens is 567 g/mol. The summed E-state index contributed by atoms with van der Waals surface area (Å²) in [5.74, 6) is 0. The molecule has 4 aromatic carbocycles. The zero-order valence-corrected chi connectivity index (χ0v) is 31.4. The quantitative estimate of drug-likeness (QED) is 0.184. The lowest BCUT2D eigenvalue weighted by atomic mass is 9.83. The molecule has 5 aromatic rings. The highest BCUT2D eigenvalue weighted by Crippen LogP contribution is 2.49. The lowest BCUT2D eigenvalue weighted by molar-refractivity contribution is 0.590. The van der Waals surface area contributed by atoms with E-state index in [1.807, 2.05) is 0 Å². The normalized spacial score (nSPS) is 12.9. The Balaban J connectivity index is 1.90. The van der Waals surface area contributed by atoms with Crippen molar-refractivity contribution in [3.05, 3.63) is 119 Å². The zero-order valence-electron chi connectivity index (χ0n) is 31.4. The van der Waals surface area contributed by atoms with Crippen LogP contribution in [-0.4, -0.2) is 4.57 Å². The highest BCUT2D eigenvalue weighted by atomic mass is 15.0. The molecule has 1 aromatic heterocycles. The van der Waals surface area contributed by atoms with Gasteiger partial charge in [-0.2, -0.15) is 0 Å². The van der Waals surface area contributed by atoms with Gasteiger partial charge in [0.05, 0.1) is 11.4 Å². The molecule has 0 radical (unpaired) electrons. The first-order chi connectivity index (χ1) is 21.8. The van der Waals surface area contributed by atoms with Gasteiger partial charge in [0, 0.05) is 17.7 Å². The van der Waals surface area contributed by atoms with Crippen molar-refractivity contribution in [3.63, 3.8) is 0 Å². The fourth-order valence-electron chi connectivity index (χ4n) is 6.63. The highest BCUT2D eigenvalue weighted by Gasteiger charge is 2.28. The zero-order chi connectivity index (χ0) is 34.5. The Bertz CT molecular complexity index is 1680. The minimum atomic E-state index is 0.0884. The predicted molar refractivity (Wildman–Crippen MR) is 207 cm³/mol. The third-order valence-electron chi connectivity index (χ3n) is 9.71. The molecule has 0 saturated heterocycles. The molecule has 0 atom stereocenters. The van der Waals surface area contributed by atoms with Gasteiger partial charge in [0.15, 0.2) is 0 Å². The first-order valence-electron chi connectivity index (χ1n) is 17.5. The standard InChI is InChI=1S/C46H57N/c1-14-47-41(33-19-27-37(28-20-33)45(8,9)10)39(31-15-23-35(24-16-31)43(2,3)4)40(32-17-25-36(26-18-32)44(5,6)7)42(47)34-21-29-38(30-22-34)46(11,12)13/h15-30H,14H2,1-13H3. The maximum atomic E-state index is 2.57. The van der Waals surface area contributed by atoms with E-state index in [4.69, 9.17) is 0 Å². The topological polar surface area (TPSA) is 4.93 Å². The second kappa shape index (κ2) is 12.3. The number of aromatic nitrogens is 1. The van der Waals surface area contributed by atoms with Crippen LogP contribution in [0.5, 0.6) is 0 Å². The van der Waals surface area contributed by atoms with Gasteiger partial charge in [-0.25, -0.2) is 0 Å². The SMILES string of the molecule is CCn1c(-c2ccc(C(C)(C)C)cc2)c(-c2ccc(C(C)(C)C)cc2)c(-c2ccc(C(C)(C)C)cc2)c1-c1ccc(C(C)(C)C)cc1. The molecule has 47 heavy (non-hydrogen) atoms. The van der Waals surface area contributed by atoms with Gasteiger partial charge < -0.3 is 4.57 Å². The summed E-state index contributed by atoms with van der Waals surface area (Å²) in [5.41, 5.74) is 15.9. The highest BCUT2D eigenvalue weighted by molar-refractivity contribution is 6.02. The van der Waals surface area contributed by atoms with Crippen LogP contribution in [-0.2, 0) is 28.2 Å². The van der Waals surface area contributed by atoms with Gasteiger partial charge >= 0.3 is 0 Å². The number of nitrogens with zero attached hydrogens (tertiary/aromatic N) is 1. The Morgan fingerprint density at radius 2 is 0.553 bits per heavy atom. The second-order valence-corrected chi connectivity index (χ2v) is 17.5. The maximum absolute atomic E-state index is 2.57. The maximum Gasteiger partial charge on any atom is 0.0571 e. The fraction of sp³-hybridized carbons (Fsp3) is 0.391. The number of hydrogen-bond acceptors (Lipinski definition) is 0. The molecule has 0 amide bonds. The van der Waals surface area contributed by atoms with Crippen molar-refractivity contribution in [2.45, 2.75) is 118 Å². The Morgan fingerprint density at radius 1 is 0.340 bits per heavy atom. The van der Waals surface area contributed by atoms with Crippen molar-refractivity contribution in [2.24, 2.45) is 0 Å². The van der Waals surface area contributed by atoms with E-state index in [1.165, 1.54) is 67.0 Å². The van der Waals surface area contributed by atoms with E-state index in [0.29, 0.717) is 0 Å². The second-order valence-electron chi connectivity index (χ2n) is 17.5. The van der Waals surface area contributed by atoms with E-state index in [9.17, 15) is 0 Å². The molecule has 0 bridgehead atoms. The molecule has 0 fully saturated rings. The largest absolute Gasteiger partial charge is 0.340 e. The van der Waals surface area contributed by atoms with E-state index in [1.54, 1.807) is 0 Å². The summed E-state index contributed by atoms with van der Waals surface area (Å²) >= 11 is 0. The summed E-state index contributed by atoms with van der Waals surface area (Å²) in [5, 5.41) is 0. The number of benzene rings is 4. The van der Waals surface area contributed by atoms with Crippen LogP contribution in [0.15, 0.2) is 97.1 Å². The molecule has 0 saturated carbocycles. The minimum Gasteiger partial charge on any atom is -0.340 e. The van der Waals surface area contributed by atoms with Crippen LogP contribution in [0.2, 0.25) is 0 Å². The van der Waals surface area contributed by atoms with E-state index in [-0.39, 0.29) is 21.7 Å². The van der Waals surface area contributed by atoms with Gasteiger partial charge in [-0.05, 0) is 73.1 Å². The van der Waals surface area contributed by atoms with Crippen molar-refractivity contribution in [1.82, 2.24) is 4.57 Å². The molecule has 5 rings (SSSR count). The van der Waals surface area contributed by atoms with Gasteiger partial charge in [-0.3, -0.25) is 0 Å². The van der Waals surface area contributed by atoms with Crippen LogP contribution < -0.4 is 0 Å². The molecule has 0 spiro atoms. The van der Waals surface area contributed by atoms with Crippen molar-refractivity contribution < 1.29 is 0 Å². The first kappa shape index (κ1) is 34.5. The van der Waals surface area contributed by atoms with Crippen LogP contribution in [0.25, 0.3) is 44.8 Å². The van der Waals surface area contributed by atoms with Crippen molar-refractivity contribution in [2.75, 3.05) is 0 Å². The summed E-state index contributed by atoms with van der Waals surface area (Å²) < 4.78 is 2.57. The average Bonchev–Trinajstić information content (AvgIpc) is 3.35. The summed E-state index contributed by atoms with van der Waals surface area (Å²) in [6.07, 6.45) is 0. The number of rotatable bonds is 5. The van der Waals surface area contributed by atoms with Gasteiger partial charge in [0.2, 0.25) is 0 Å². The summed E-state index contributed by atoms with van der Waals surface area (Å²) in [4.78, 5) is 0. The van der Waals surface area contributed by atoms with Crippen molar-refractivity contribution in [1.29, 1.82) is 0 Å². The molecule has 1 heteroatoms. The van der Waals surface area contributed by atoms with E-state index in [0.717, 1.165) is 6.54 Å². The van der Waals surface area contributed by atoms with Gasteiger partial charge in [-0.15, -0.1) is 0 Å². The van der Waals surface area contributed by atoms with Crippen molar-refractivity contribution >= 4 is 0 Å². The monoisotopic (exact) mass is 623 g/mol. The molecule has 1 heterocycles. The molecular formula is C46H57N. The first-order valence-corrected chi connectivity index (χ1v) is 17.5. The molecule has 0 unspecified atom stereocenters. The fourth-order valence-corrected chi connectivity index (χ4v) is 6.63.